The average Bonchev–Trinajstić information content (AvgIpc) is 3.21. The number of hydrogen-bond donors (Lipinski definition) is 2. The molecule has 0 unspecified atom stereocenters. The fourth-order valence-electron chi connectivity index (χ4n) is 2.19. The molecule has 1 amide bonds. The van der Waals surface area contributed by atoms with Crippen molar-refractivity contribution in [2.24, 2.45) is 5.73 Å². The maximum atomic E-state index is 11.9. The van der Waals surface area contributed by atoms with Gasteiger partial charge in [-0.1, -0.05) is 31.9 Å². The van der Waals surface area contributed by atoms with E-state index in [9.17, 15) is 4.79 Å². The van der Waals surface area contributed by atoms with E-state index in [0.717, 1.165) is 42.7 Å². The molecule has 0 spiro atoms. The van der Waals surface area contributed by atoms with Gasteiger partial charge >= 0.3 is 0 Å². The van der Waals surface area contributed by atoms with E-state index in [4.69, 9.17) is 10.5 Å². The van der Waals surface area contributed by atoms with Crippen molar-refractivity contribution >= 4 is 5.91 Å². The van der Waals surface area contributed by atoms with Crippen LogP contribution in [0.3, 0.4) is 0 Å². The third-order valence-corrected chi connectivity index (χ3v) is 3.91. The number of ether oxygens (including phenoxy) is 1. The minimum Gasteiger partial charge on any atom is -0.493 e. The first-order valence-corrected chi connectivity index (χ1v) is 7.84. The summed E-state index contributed by atoms with van der Waals surface area (Å²) in [7, 11) is 0. The smallest absolute Gasteiger partial charge is 0.240 e. The van der Waals surface area contributed by atoms with Gasteiger partial charge in [-0.2, -0.15) is 0 Å². The van der Waals surface area contributed by atoms with E-state index in [1.165, 1.54) is 12.8 Å². The van der Waals surface area contributed by atoms with Gasteiger partial charge in [0.15, 0.2) is 0 Å². The van der Waals surface area contributed by atoms with Crippen LogP contribution in [0.5, 0.6) is 5.75 Å². The highest BCUT2D eigenvalue weighted by atomic mass is 16.5. The molecule has 4 nitrogen and oxygen atoms in total. The highest BCUT2D eigenvalue weighted by Crippen LogP contribution is 2.32. The molecule has 21 heavy (non-hydrogen) atoms. The molecule has 0 heterocycles. The lowest BCUT2D eigenvalue weighted by molar-refractivity contribution is -0.123. The zero-order valence-corrected chi connectivity index (χ0v) is 13.1. The van der Waals surface area contributed by atoms with E-state index in [0.29, 0.717) is 6.54 Å². The first-order valence-electron chi connectivity index (χ1n) is 7.84. The summed E-state index contributed by atoms with van der Waals surface area (Å²) in [5, 5.41) is 2.92. The van der Waals surface area contributed by atoms with Gasteiger partial charge in [0, 0.05) is 12.1 Å². The molecule has 1 aliphatic carbocycles. The molecule has 0 atom stereocenters. The number of rotatable bonds is 8. The molecule has 1 aromatic carbocycles. The molecule has 0 aromatic heterocycles. The van der Waals surface area contributed by atoms with Crippen molar-refractivity contribution in [2.75, 3.05) is 6.61 Å². The van der Waals surface area contributed by atoms with Gasteiger partial charge in [-0.3, -0.25) is 4.79 Å². The Morgan fingerprint density at radius 1 is 1.38 bits per heavy atom. The third-order valence-electron chi connectivity index (χ3n) is 3.91. The fraction of sp³-hybridized carbons (Fsp3) is 0.588. The Bertz CT molecular complexity index is 496. The first-order chi connectivity index (χ1) is 10.0. The molecule has 1 fully saturated rings. The molecule has 3 N–H and O–H groups in total. The van der Waals surface area contributed by atoms with Crippen molar-refractivity contribution in [1.29, 1.82) is 0 Å². The summed E-state index contributed by atoms with van der Waals surface area (Å²) in [6.45, 7) is 5.41. The standard InChI is InChI=1S/C17H26N2O2/c1-3-4-5-10-21-15-11-13(2)6-7-14(15)12-19-16(20)17(18)8-9-17/h6-7,11H,3-5,8-10,12,18H2,1-2H3,(H,19,20). The van der Waals surface area contributed by atoms with Crippen LogP contribution in [0.25, 0.3) is 0 Å². The summed E-state index contributed by atoms with van der Waals surface area (Å²) in [5.41, 5.74) is 7.44. The Morgan fingerprint density at radius 3 is 2.81 bits per heavy atom. The summed E-state index contributed by atoms with van der Waals surface area (Å²) in [6, 6.07) is 6.08. The Labute approximate surface area is 127 Å². The number of nitrogens with one attached hydrogen (secondary N) is 1. The topological polar surface area (TPSA) is 64.3 Å². The van der Waals surface area contributed by atoms with Crippen LogP contribution < -0.4 is 15.8 Å². The average molecular weight is 290 g/mol. The van der Waals surface area contributed by atoms with E-state index in [2.05, 4.69) is 12.2 Å². The zero-order chi connectivity index (χ0) is 15.3. The minimum atomic E-state index is -0.618. The van der Waals surface area contributed by atoms with E-state index in [1.807, 2.05) is 25.1 Å². The van der Waals surface area contributed by atoms with Crippen LogP contribution in [0.1, 0.15) is 50.2 Å². The molecular weight excluding hydrogens is 264 g/mol. The first kappa shape index (κ1) is 15.8. The van der Waals surface area contributed by atoms with Crippen molar-refractivity contribution in [2.45, 2.75) is 58.0 Å². The maximum Gasteiger partial charge on any atom is 0.240 e. The lowest BCUT2D eigenvalue weighted by Gasteiger charge is -2.14. The van der Waals surface area contributed by atoms with Crippen LogP contribution in [0.2, 0.25) is 0 Å². The van der Waals surface area contributed by atoms with Gasteiger partial charge in [0.25, 0.3) is 0 Å². The predicted octanol–water partition coefficient (Wildman–Crippen LogP) is 2.67. The van der Waals surface area contributed by atoms with Crippen LogP contribution in [0.15, 0.2) is 18.2 Å². The third kappa shape index (κ3) is 4.46. The minimum absolute atomic E-state index is 0.0555. The van der Waals surface area contributed by atoms with Crippen LogP contribution in [-0.4, -0.2) is 18.1 Å². The van der Waals surface area contributed by atoms with E-state index in [1.54, 1.807) is 0 Å². The number of carbonyl (C=O) groups is 1. The van der Waals surface area contributed by atoms with Gasteiger partial charge < -0.3 is 15.8 Å². The number of aryl methyl sites for hydroxylation is 1. The number of hydrogen-bond acceptors (Lipinski definition) is 3. The van der Waals surface area contributed by atoms with Crippen molar-refractivity contribution < 1.29 is 9.53 Å². The Morgan fingerprint density at radius 2 is 2.14 bits per heavy atom. The summed E-state index contributed by atoms with van der Waals surface area (Å²) in [6.07, 6.45) is 4.98. The molecule has 4 heteroatoms. The van der Waals surface area contributed by atoms with Gasteiger partial charge in [-0.25, -0.2) is 0 Å². The number of amides is 1. The van der Waals surface area contributed by atoms with E-state index >= 15 is 0 Å². The second-order valence-corrected chi connectivity index (χ2v) is 6.01. The van der Waals surface area contributed by atoms with Crippen LogP contribution >= 0.6 is 0 Å². The summed E-state index contributed by atoms with van der Waals surface area (Å²) in [4.78, 5) is 11.9. The molecule has 0 saturated heterocycles. The maximum absolute atomic E-state index is 11.9. The number of carbonyl (C=O) groups excluding carboxylic acids is 1. The largest absolute Gasteiger partial charge is 0.493 e. The Kier molecular flexibility index (Phi) is 5.23. The SMILES string of the molecule is CCCCCOc1cc(C)ccc1CNC(=O)C1(N)CC1. The second kappa shape index (κ2) is 6.94. The Balaban J connectivity index is 1.92. The zero-order valence-electron chi connectivity index (χ0n) is 13.1. The lowest BCUT2D eigenvalue weighted by Crippen LogP contribution is -2.42. The van der Waals surface area contributed by atoms with Crippen LogP contribution in [0, 0.1) is 6.92 Å². The fourth-order valence-corrected chi connectivity index (χ4v) is 2.19. The van der Waals surface area contributed by atoms with Crippen molar-refractivity contribution in [1.82, 2.24) is 5.32 Å². The van der Waals surface area contributed by atoms with Gasteiger partial charge in [-0.05, 0) is 37.8 Å². The number of nitrogens with two attached hydrogens (primary N) is 1. The highest BCUT2D eigenvalue weighted by Gasteiger charge is 2.45. The van der Waals surface area contributed by atoms with Crippen molar-refractivity contribution in [3.8, 4) is 5.75 Å². The molecular formula is C17H26N2O2. The van der Waals surface area contributed by atoms with Crippen LogP contribution in [0.4, 0.5) is 0 Å². The van der Waals surface area contributed by atoms with Crippen LogP contribution in [-0.2, 0) is 11.3 Å². The summed E-state index contributed by atoms with van der Waals surface area (Å²) in [5.74, 6) is 0.813. The molecule has 116 valence electrons. The van der Waals surface area contributed by atoms with Crippen molar-refractivity contribution in [3.63, 3.8) is 0 Å². The highest BCUT2D eigenvalue weighted by molar-refractivity contribution is 5.88. The monoisotopic (exact) mass is 290 g/mol. The number of benzene rings is 1. The molecule has 0 radical (unpaired) electrons. The second-order valence-electron chi connectivity index (χ2n) is 6.01. The van der Waals surface area contributed by atoms with E-state index in [-0.39, 0.29) is 5.91 Å². The number of unbranched alkanes of at least 4 members (excludes halogenated alkanes) is 2. The van der Waals surface area contributed by atoms with Gasteiger partial charge in [0.1, 0.15) is 5.75 Å². The molecule has 1 saturated carbocycles. The van der Waals surface area contributed by atoms with Gasteiger partial charge in [0.2, 0.25) is 5.91 Å². The normalized spacial score (nSPS) is 15.6. The molecule has 2 rings (SSSR count). The van der Waals surface area contributed by atoms with E-state index < -0.39 is 5.54 Å². The summed E-state index contributed by atoms with van der Waals surface area (Å²) >= 11 is 0. The molecule has 1 aromatic rings. The summed E-state index contributed by atoms with van der Waals surface area (Å²) < 4.78 is 5.87. The molecule has 0 bridgehead atoms. The van der Waals surface area contributed by atoms with Crippen molar-refractivity contribution in [3.05, 3.63) is 29.3 Å². The predicted molar refractivity (Wildman–Crippen MR) is 84.2 cm³/mol. The Hall–Kier alpha value is -1.55. The van der Waals surface area contributed by atoms with Gasteiger partial charge in [0.05, 0.1) is 12.1 Å². The molecule has 1 aliphatic rings. The van der Waals surface area contributed by atoms with Gasteiger partial charge in [-0.15, -0.1) is 0 Å². The molecule has 0 aliphatic heterocycles. The quantitative estimate of drug-likeness (QED) is 0.723. The lowest BCUT2D eigenvalue weighted by atomic mass is 10.1.